The van der Waals surface area contributed by atoms with Gasteiger partial charge in [-0.3, -0.25) is 4.90 Å². The van der Waals surface area contributed by atoms with Gasteiger partial charge in [0.1, 0.15) is 17.5 Å². The highest BCUT2D eigenvalue weighted by atomic mass is 35.5. The van der Waals surface area contributed by atoms with E-state index in [-0.39, 0.29) is 5.82 Å². The average molecular weight is 422 g/mol. The van der Waals surface area contributed by atoms with Gasteiger partial charge in [0.25, 0.3) is 0 Å². The molecule has 2 aromatic carbocycles. The molecule has 0 radical (unpaired) electrons. The van der Waals surface area contributed by atoms with Crippen molar-refractivity contribution in [3.05, 3.63) is 76.2 Å². The summed E-state index contributed by atoms with van der Waals surface area (Å²) >= 11 is 6.40. The lowest BCUT2D eigenvalue weighted by Gasteiger charge is -2.26. The third kappa shape index (κ3) is 3.36. The predicted octanol–water partition coefficient (Wildman–Crippen LogP) is 4.69. The molecule has 5 rings (SSSR count). The minimum absolute atomic E-state index is 0.268. The summed E-state index contributed by atoms with van der Waals surface area (Å²) in [6.07, 6.45) is 0.866. The van der Waals surface area contributed by atoms with Crippen molar-refractivity contribution in [2.75, 3.05) is 6.54 Å². The molecule has 30 heavy (non-hydrogen) atoms. The van der Waals surface area contributed by atoms with Crippen LogP contribution in [0.25, 0.3) is 22.3 Å². The van der Waals surface area contributed by atoms with Gasteiger partial charge in [0.15, 0.2) is 0 Å². The lowest BCUT2D eigenvalue weighted by atomic mass is 10.1. The summed E-state index contributed by atoms with van der Waals surface area (Å²) in [5.74, 6) is 1.38. The van der Waals surface area contributed by atoms with Crippen LogP contribution in [0.3, 0.4) is 0 Å². The smallest absolute Gasteiger partial charge is 0.143 e. The standard InChI is InChI=1S/C23H21ClFN5/c1-14-17-11-15(25)7-8-19(17)27-22(26-14)13-30-10-9-20-21(12-30)29(2)23(28-20)16-5-3-4-6-18(16)24/h3-8,11H,9-10,12-13H2,1-2H3. The van der Waals surface area contributed by atoms with E-state index >= 15 is 0 Å². The van der Waals surface area contributed by atoms with Crippen molar-refractivity contribution in [3.8, 4) is 11.4 Å². The summed E-state index contributed by atoms with van der Waals surface area (Å²) < 4.78 is 15.7. The second-order valence-corrected chi connectivity index (χ2v) is 8.12. The third-order valence-corrected chi connectivity index (χ3v) is 6.04. The SMILES string of the molecule is Cc1nc(CN2CCc3nc(-c4ccccc4Cl)n(C)c3C2)nc2ccc(F)cc12. The quantitative estimate of drug-likeness (QED) is 0.481. The van der Waals surface area contributed by atoms with Gasteiger partial charge in [-0.15, -0.1) is 0 Å². The fraction of sp³-hybridized carbons (Fsp3) is 0.261. The first-order chi connectivity index (χ1) is 14.5. The van der Waals surface area contributed by atoms with Crippen molar-refractivity contribution in [1.82, 2.24) is 24.4 Å². The molecule has 2 aromatic heterocycles. The molecule has 0 saturated carbocycles. The fourth-order valence-corrected chi connectivity index (χ4v) is 4.36. The number of aromatic nitrogens is 4. The van der Waals surface area contributed by atoms with E-state index < -0.39 is 0 Å². The molecular formula is C23H21ClFN5. The zero-order valence-electron chi connectivity index (χ0n) is 16.9. The molecule has 0 fully saturated rings. The van der Waals surface area contributed by atoms with Gasteiger partial charge in [-0.2, -0.15) is 0 Å². The normalized spacial score (nSPS) is 14.3. The highest BCUT2D eigenvalue weighted by Gasteiger charge is 2.24. The minimum Gasteiger partial charge on any atom is -0.330 e. The lowest BCUT2D eigenvalue weighted by Crippen LogP contribution is -2.31. The highest BCUT2D eigenvalue weighted by Crippen LogP contribution is 2.30. The monoisotopic (exact) mass is 421 g/mol. The Kier molecular flexibility index (Phi) is 4.76. The Balaban J connectivity index is 1.42. The summed E-state index contributed by atoms with van der Waals surface area (Å²) in [7, 11) is 2.04. The van der Waals surface area contributed by atoms with Crippen molar-refractivity contribution in [2.45, 2.75) is 26.4 Å². The summed E-state index contributed by atoms with van der Waals surface area (Å²) in [5, 5.41) is 1.46. The van der Waals surface area contributed by atoms with Crippen LogP contribution in [0.2, 0.25) is 5.02 Å². The van der Waals surface area contributed by atoms with Crippen molar-refractivity contribution in [3.63, 3.8) is 0 Å². The predicted molar refractivity (Wildman–Crippen MR) is 116 cm³/mol. The van der Waals surface area contributed by atoms with Gasteiger partial charge in [-0.05, 0) is 37.3 Å². The van der Waals surface area contributed by atoms with Crippen LogP contribution in [0.1, 0.15) is 22.9 Å². The van der Waals surface area contributed by atoms with Crippen molar-refractivity contribution in [2.24, 2.45) is 7.05 Å². The van der Waals surface area contributed by atoms with Crippen LogP contribution in [-0.2, 0) is 26.6 Å². The second kappa shape index (κ2) is 7.45. The van der Waals surface area contributed by atoms with E-state index in [4.69, 9.17) is 16.6 Å². The zero-order chi connectivity index (χ0) is 20.8. The van der Waals surface area contributed by atoms with E-state index in [2.05, 4.69) is 19.4 Å². The lowest BCUT2D eigenvalue weighted by molar-refractivity contribution is 0.232. The highest BCUT2D eigenvalue weighted by molar-refractivity contribution is 6.33. The second-order valence-electron chi connectivity index (χ2n) is 7.72. The molecule has 7 heteroatoms. The number of aryl methyl sites for hydroxylation is 1. The van der Waals surface area contributed by atoms with E-state index in [1.165, 1.54) is 17.8 Å². The van der Waals surface area contributed by atoms with Crippen LogP contribution in [0.15, 0.2) is 42.5 Å². The first kappa shape index (κ1) is 19.2. The molecule has 4 aromatic rings. The average Bonchev–Trinajstić information content (AvgIpc) is 3.05. The topological polar surface area (TPSA) is 46.8 Å². The van der Waals surface area contributed by atoms with E-state index in [1.54, 1.807) is 6.07 Å². The molecule has 0 unspecified atom stereocenters. The molecule has 3 heterocycles. The largest absolute Gasteiger partial charge is 0.330 e. The number of halogens is 2. The molecule has 5 nitrogen and oxygen atoms in total. The fourth-order valence-electron chi connectivity index (χ4n) is 4.14. The Bertz CT molecular complexity index is 1270. The molecule has 1 aliphatic rings. The first-order valence-electron chi connectivity index (χ1n) is 9.94. The van der Waals surface area contributed by atoms with Crippen molar-refractivity contribution >= 4 is 22.5 Å². The Morgan fingerprint density at radius 2 is 1.93 bits per heavy atom. The number of nitrogens with zero attached hydrogens (tertiary/aromatic N) is 5. The third-order valence-electron chi connectivity index (χ3n) is 5.71. The molecule has 0 spiro atoms. The number of fused-ring (bicyclic) bond motifs is 2. The van der Waals surface area contributed by atoms with Gasteiger partial charge < -0.3 is 4.57 Å². The van der Waals surface area contributed by atoms with Crippen LogP contribution < -0.4 is 0 Å². The molecular weight excluding hydrogens is 401 g/mol. The maximum atomic E-state index is 13.5. The minimum atomic E-state index is -0.268. The van der Waals surface area contributed by atoms with Gasteiger partial charge in [0, 0.05) is 43.2 Å². The summed E-state index contributed by atoms with van der Waals surface area (Å²) in [4.78, 5) is 16.5. The Hall–Kier alpha value is -2.83. The van der Waals surface area contributed by atoms with Gasteiger partial charge in [-0.25, -0.2) is 19.3 Å². The van der Waals surface area contributed by atoms with E-state index in [0.717, 1.165) is 59.0 Å². The number of benzene rings is 2. The van der Waals surface area contributed by atoms with Gasteiger partial charge in [0.2, 0.25) is 0 Å². The maximum absolute atomic E-state index is 13.5. The zero-order valence-corrected chi connectivity index (χ0v) is 17.6. The molecule has 0 saturated heterocycles. The van der Waals surface area contributed by atoms with E-state index in [0.29, 0.717) is 11.6 Å². The number of hydrogen-bond acceptors (Lipinski definition) is 4. The molecule has 0 bridgehead atoms. The summed E-state index contributed by atoms with van der Waals surface area (Å²) in [6.45, 7) is 4.20. The Morgan fingerprint density at radius 3 is 2.77 bits per heavy atom. The van der Waals surface area contributed by atoms with Crippen molar-refractivity contribution in [1.29, 1.82) is 0 Å². The molecule has 0 aliphatic carbocycles. The van der Waals surface area contributed by atoms with Crippen LogP contribution in [0.4, 0.5) is 4.39 Å². The van der Waals surface area contributed by atoms with Gasteiger partial charge >= 0.3 is 0 Å². The summed E-state index contributed by atoms with van der Waals surface area (Å²) in [6, 6.07) is 12.5. The number of imidazole rings is 1. The summed E-state index contributed by atoms with van der Waals surface area (Å²) in [5.41, 5.74) is 4.83. The van der Waals surface area contributed by atoms with Crippen LogP contribution >= 0.6 is 11.6 Å². The van der Waals surface area contributed by atoms with Gasteiger partial charge in [0.05, 0.1) is 28.5 Å². The molecule has 152 valence electrons. The molecule has 0 atom stereocenters. The Morgan fingerprint density at radius 1 is 1.10 bits per heavy atom. The molecule has 0 amide bonds. The number of hydrogen-bond donors (Lipinski definition) is 0. The number of rotatable bonds is 3. The Labute approximate surface area is 179 Å². The van der Waals surface area contributed by atoms with Crippen LogP contribution in [0.5, 0.6) is 0 Å². The van der Waals surface area contributed by atoms with Crippen LogP contribution in [-0.4, -0.2) is 31.0 Å². The molecule has 0 N–H and O–H groups in total. The van der Waals surface area contributed by atoms with E-state index in [9.17, 15) is 4.39 Å². The molecule has 1 aliphatic heterocycles. The first-order valence-corrected chi connectivity index (χ1v) is 10.3. The van der Waals surface area contributed by atoms with E-state index in [1.807, 2.05) is 38.2 Å². The van der Waals surface area contributed by atoms with Gasteiger partial charge in [-0.1, -0.05) is 23.7 Å². The maximum Gasteiger partial charge on any atom is 0.143 e. The van der Waals surface area contributed by atoms with Crippen molar-refractivity contribution < 1.29 is 4.39 Å². The van der Waals surface area contributed by atoms with Crippen LogP contribution in [0, 0.1) is 12.7 Å².